The van der Waals surface area contributed by atoms with Crippen LogP contribution in [0.15, 0.2) is 40.2 Å². The summed E-state index contributed by atoms with van der Waals surface area (Å²) >= 11 is 1.22. The molecule has 0 spiro atoms. The SMILES string of the molecule is CS(=O)(=O)c1ccc2nc(NC(=O)Cc3cocn3)sc2c1. The minimum Gasteiger partial charge on any atom is -0.451 e. The fraction of sp³-hybridized carbons (Fsp3) is 0.154. The van der Waals surface area contributed by atoms with Crippen LogP contribution in [0.25, 0.3) is 10.2 Å². The number of nitrogens with zero attached hydrogens (tertiary/aromatic N) is 2. The van der Waals surface area contributed by atoms with Gasteiger partial charge in [-0.1, -0.05) is 11.3 Å². The number of rotatable bonds is 4. The summed E-state index contributed by atoms with van der Waals surface area (Å²) in [5, 5.41) is 3.08. The first-order chi connectivity index (χ1) is 10.4. The lowest BCUT2D eigenvalue weighted by Gasteiger charge is -1.97. The van der Waals surface area contributed by atoms with E-state index in [0.29, 0.717) is 21.0 Å². The Morgan fingerprint density at radius 1 is 1.41 bits per heavy atom. The molecule has 1 N–H and O–H groups in total. The molecule has 0 atom stereocenters. The number of sulfone groups is 1. The number of carbonyl (C=O) groups is 1. The van der Waals surface area contributed by atoms with E-state index in [2.05, 4.69) is 15.3 Å². The van der Waals surface area contributed by atoms with Crippen LogP contribution >= 0.6 is 11.3 Å². The summed E-state index contributed by atoms with van der Waals surface area (Å²) in [5.41, 5.74) is 1.16. The fourth-order valence-corrected chi connectivity index (χ4v) is 3.48. The topological polar surface area (TPSA) is 102 Å². The van der Waals surface area contributed by atoms with Crippen LogP contribution in [0, 0.1) is 0 Å². The molecule has 0 unspecified atom stereocenters. The van der Waals surface area contributed by atoms with Crippen molar-refractivity contribution in [2.75, 3.05) is 11.6 Å². The van der Waals surface area contributed by atoms with Gasteiger partial charge in [-0.05, 0) is 18.2 Å². The van der Waals surface area contributed by atoms with Crippen molar-refractivity contribution in [1.29, 1.82) is 0 Å². The largest absolute Gasteiger partial charge is 0.451 e. The Labute approximate surface area is 129 Å². The normalized spacial score (nSPS) is 11.7. The summed E-state index contributed by atoms with van der Waals surface area (Å²) in [6.45, 7) is 0. The standard InChI is InChI=1S/C13H11N3O4S2/c1-22(18,19)9-2-3-10-11(5-9)21-13(15-10)16-12(17)4-8-6-20-7-14-8/h2-3,5-7H,4H2,1H3,(H,15,16,17). The number of benzene rings is 1. The summed E-state index contributed by atoms with van der Waals surface area (Å²) in [5.74, 6) is -0.267. The maximum absolute atomic E-state index is 11.9. The number of nitrogens with one attached hydrogen (secondary N) is 1. The highest BCUT2D eigenvalue weighted by atomic mass is 32.2. The molecule has 0 saturated carbocycles. The van der Waals surface area contributed by atoms with Gasteiger partial charge in [-0.25, -0.2) is 18.4 Å². The Morgan fingerprint density at radius 2 is 2.23 bits per heavy atom. The highest BCUT2D eigenvalue weighted by Gasteiger charge is 2.13. The molecule has 2 heterocycles. The molecule has 1 amide bonds. The summed E-state index contributed by atoms with van der Waals surface area (Å²) < 4.78 is 28.6. The van der Waals surface area contributed by atoms with Crippen molar-refractivity contribution >= 4 is 42.4 Å². The van der Waals surface area contributed by atoms with Crippen molar-refractivity contribution in [3.05, 3.63) is 36.5 Å². The predicted molar refractivity (Wildman–Crippen MR) is 81.6 cm³/mol. The summed E-state index contributed by atoms with van der Waals surface area (Å²) in [6, 6.07) is 4.67. The molecule has 0 radical (unpaired) electrons. The van der Waals surface area contributed by atoms with E-state index in [0.717, 1.165) is 6.26 Å². The number of hydrogen-bond donors (Lipinski definition) is 1. The van der Waals surface area contributed by atoms with E-state index in [4.69, 9.17) is 4.42 Å². The van der Waals surface area contributed by atoms with Crippen LogP contribution in [0.1, 0.15) is 5.69 Å². The van der Waals surface area contributed by atoms with E-state index < -0.39 is 9.84 Å². The zero-order chi connectivity index (χ0) is 15.7. The molecule has 1 aromatic carbocycles. The van der Waals surface area contributed by atoms with E-state index in [1.54, 1.807) is 12.1 Å². The van der Waals surface area contributed by atoms with Gasteiger partial charge in [0, 0.05) is 6.26 Å². The van der Waals surface area contributed by atoms with Crippen molar-refractivity contribution in [1.82, 2.24) is 9.97 Å². The van der Waals surface area contributed by atoms with Gasteiger partial charge in [-0.15, -0.1) is 0 Å². The van der Waals surface area contributed by atoms with Crippen LogP contribution in [0.2, 0.25) is 0 Å². The Balaban J connectivity index is 1.81. The van der Waals surface area contributed by atoms with Crippen LogP contribution in [0.3, 0.4) is 0 Å². The molecule has 22 heavy (non-hydrogen) atoms. The predicted octanol–water partition coefficient (Wildman–Crippen LogP) is 1.87. The fourth-order valence-electron chi connectivity index (χ4n) is 1.84. The maximum atomic E-state index is 11.9. The Bertz CT molecular complexity index is 930. The first-order valence-corrected chi connectivity index (χ1v) is 8.90. The van der Waals surface area contributed by atoms with Gasteiger partial charge in [-0.2, -0.15) is 0 Å². The monoisotopic (exact) mass is 337 g/mol. The third-order valence-electron chi connectivity index (χ3n) is 2.86. The molecule has 2 aromatic heterocycles. The van der Waals surface area contributed by atoms with Gasteiger partial charge >= 0.3 is 0 Å². The number of hydrogen-bond acceptors (Lipinski definition) is 7. The first kappa shape index (κ1) is 14.7. The molecule has 3 rings (SSSR count). The third-order valence-corrected chi connectivity index (χ3v) is 4.90. The molecule has 0 aliphatic heterocycles. The molecule has 114 valence electrons. The number of carbonyl (C=O) groups excluding carboxylic acids is 1. The smallest absolute Gasteiger partial charge is 0.232 e. The third kappa shape index (κ3) is 3.15. The number of oxazole rings is 1. The van der Waals surface area contributed by atoms with Crippen LogP contribution in [0.5, 0.6) is 0 Å². The average Bonchev–Trinajstić information content (AvgIpc) is 3.04. The zero-order valence-electron chi connectivity index (χ0n) is 11.4. The molecule has 0 fully saturated rings. The van der Waals surface area contributed by atoms with Gasteiger partial charge in [0.2, 0.25) is 5.91 Å². The molecule has 0 saturated heterocycles. The lowest BCUT2D eigenvalue weighted by Crippen LogP contribution is -2.14. The highest BCUT2D eigenvalue weighted by molar-refractivity contribution is 7.90. The second kappa shape index (κ2) is 5.50. The van der Waals surface area contributed by atoms with Crippen LogP contribution in [-0.4, -0.2) is 30.5 Å². The molecule has 0 bridgehead atoms. The van der Waals surface area contributed by atoms with Crippen molar-refractivity contribution in [2.45, 2.75) is 11.3 Å². The number of fused-ring (bicyclic) bond motifs is 1. The second-order valence-electron chi connectivity index (χ2n) is 4.63. The van der Waals surface area contributed by atoms with Crippen LogP contribution < -0.4 is 5.32 Å². The number of amides is 1. The van der Waals surface area contributed by atoms with E-state index in [1.165, 1.54) is 30.1 Å². The number of anilines is 1. The van der Waals surface area contributed by atoms with Gasteiger partial charge in [0.1, 0.15) is 6.26 Å². The maximum Gasteiger partial charge on any atom is 0.232 e. The molecule has 3 aromatic rings. The summed E-state index contributed by atoms with van der Waals surface area (Å²) in [7, 11) is -3.27. The van der Waals surface area contributed by atoms with Crippen LogP contribution in [0.4, 0.5) is 5.13 Å². The lowest BCUT2D eigenvalue weighted by atomic mass is 10.3. The van der Waals surface area contributed by atoms with E-state index in [9.17, 15) is 13.2 Å². The van der Waals surface area contributed by atoms with E-state index in [1.807, 2.05) is 0 Å². The minimum atomic E-state index is -3.27. The van der Waals surface area contributed by atoms with Crippen LogP contribution in [-0.2, 0) is 21.1 Å². The number of thiazole rings is 1. The average molecular weight is 337 g/mol. The molecule has 7 nitrogen and oxygen atoms in total. The van der Waals surface area contributed by atoms with Crippen molar-refractivity contribution in [3.8, 4) is 0 Å². The van der Waals surface area contributed by atoms with E-state index in [-0.39, 0.29) is 17.2 Å². The molecule has 0 aliphatic carbocycles. The van der Waals surface area contributed by atoms with Gasteiger partial charge in [0.15, 0.2) is 21.4 Å². The van der Waals surface area contributed by atoms with Gasteiger partial charge in [-0.3, -0.25) is 4.79 Å². The zero-order valence-corrected chi connectivity index (χ0v) is 13.1. The highest BCUT2D eigenvalue weighted by Crippen LogP contribution is 2.28. The Hall–Kier alpha value is -2.26. The quantitative estimate of drug-likeness (QED) is 0.780. The molecular weight excluding hydrogens is 326 g/mol. The Morgan fingerprint density at radius 3 is 2.91 bits per heavy atom. The molecular formula is C13H11N3O4S2. The van der Waals surface area contributed by atoms with Gasteiger partial charge in [0.05, 0.1) is 27.2 Å². The first-order valence-electron chi connectivity index (χ1n) is 6.19. The summed E-state index contributed by atoms with van der Waals surface area (Å²) in [6.07, 6.45) is 3.89. The summed E-state index contributed by atoms with van der Waals surface area (Å²) in [4.78, 5) is 20.2. The van der Waals surface area contributed by atoms with Gasteiger partial charge in [0.25, 0.3) is 0 Å². The van der Waals surface area contributed by atoms with E-state index >= 15 is 0 Å². The van der Waals surface area contributed by atoms with Crippen molar-refractivity contribution < 1.29 is 17.6 Å². The molecule has 9 heteroatoms. The molecule has 0 aliphatic rings. The van der Waals surface area contributed by atoms with Crippen molar-refractivity contribution in [3.63, 3.8) is 0 Å². The number of aromatic nitrogens is 2. The Kier molecular flexibility index (Phi) is 3.67. The second-order valence-corrected chi connectivity index (χ2v) is 7.67. The lowest BCUT2D eigenvalue weighted by molar-refractivity contribution is -0.115. The van der Waals surface area contributed by atoms with Crippen molar-refractivity contribution in [2.24, 2.45) is 0 Å². The van der Waals surface area contributed by atoms with Gasteiger partial charge < -0.3 is 9.73 Å². The minimum absolute atomic E-state index is 0.0843.